The number of carboxylic acids is 1. The lowest BCUT2D eigenvalue weighted by molar-refractivity contribution is -0.119. The Morgan fingerprint density at radius 1 is 1.02 bits per heavy atom. The molecule has 11 heteroatoms. The van der Waals surface area contributed by atoms with Crippen LogP contribution < -0.4 is 15.6 Å². The van der Waals surface area contributed by atoms with Gasteiger partial charge in [-0.1, -0.05) is 39.7 Å². The molecule has 0 saturated heterocycles. The first kappa shape index (κ1) is 28.7. The first-order chi connectivity index (χ1) is 19.1. The Hall–Kier alpha value is -4.28. The fraction of sp³-hybridized carbons (Fsp3) is 0.138. The van der Waals surface area contributed by atoms with Crippen molar-refractivity contribution in [3.63, 3.8) is 0 Å². The zero-order valence-electron chi connectivity index (χ0n) is 21.4. The van der Waals surface area contributed by atoms with Crippen molar-refractivity contribution in [1.82, 2.24) is 9.78 Å². The van der Waals surface area contributed by atoms with E-state index in [-0.39, 0.29) is 29.2 Å². The highest BCUT2D eigenvalue weighted by molar-refractivity contribution is 9.10. The van der Waals surface area contributed by atoms with Crippen LogP contribution in [0.15, 0.2) is 82.1 Å². The van der Waals surface area contributed by atoms with Crippen LogP contribution in [0.1, 0.15) is 39.2 Å². The quantitative estimate of drug-likeness (QED) is 0.230. The van der Waals surface area contributed by atoms with Crippen LogP contribution in [0.3, 0.4) is 0 Å². The van der Waals surface area contributed by atoms with Gasteiger partial charge in [-0.25, -0.2) is 9.48 Å². The predicted molar refractivity (Wildman–Crippen MR) is 154 cm³/mol. The Labute approximate surface area is 242 Å². The van der Waals surface area contributed by atoms with Crippen LogP contribution in [-0.4, -0.2) is 39.7 Å². The monoisotopic (exact) mass is 623 g/mol. The lowest BCUT2D eigenvalue weighted by atomic mass is 9.98. The number of hydrogen-bond donors (Lipinski definition) is 2. The van der Waals surface area contributed by atoms with Crippen LogP contribution in [0.4, 0.5) is 5.69 Å². The molecule has 3 aromatic carbocycles. The Bertz CT molecular complexity index is 1650. The number of amides is 1. The van der Waals surface area contributed by atoms with E-state index in [1.54, 1.807) is 18.2 Å². The molecule has 4 rings (SSSR count). The molecule has 0 aliphatic carbocycles. The number of carbonyl (C=O) groups is 3. The molecule has 0 aliphatic heterocycles. The van der Waals surface area contributed by atoms with Crippen LogP contribution >= 0.6 is 27.5 Å². The minimum absolute atomic E-state index is 0.0174. The smallest absolute Gasteiger partial charge is 0.335 e. The summed E-state index contributed by atoms with van der Waals surface area (Å²) in [6.07, 6.45) is 0.109. The molecular formula is C29H23BrClN3O6. The van der Waals surface area contributed by atoms with Gasteiger partial charge in [0, 0.05) is 33.2 Å². The number of nitrogens with one attached hydrogen (secondary N) is 1. The first-order valence-corrected chi connectivity index (χ1v) is 13.1. The molecule has 1 atom stereocenters. The molecule has 0 bridgehead atoms. The molecule has 1 unspecified atom stereocenters. The normalized spacial score (nSPS) is 11.5. The molecule has 0 aliphatic rings. The zero-order chi connectivity index (χ0) is 29.0. The summed E-state index contributed by atoms with van der Waals surface area (Å²) in [4.78, 5) is 50.5. The number of aromatic nitrogens is 2. The number of ether oxygens (including phenoxy) is 1. The molecule has 9 nitrogen and oxygen atoms in total. The van der Waals surface area contributed by atoms with Gasteiger partial charge in [-0.05, 0) is 72.6 Å². The third-order valence-electron chi connectivity index (χ3n) is 6.11. The first-order valence-electron chi connectivity index (χ1n) is 11.9. The van der Waals surface area contributed by atoms with E-state index in [1.165, 1.54) is 44.4 Å². The summed E-state index contributed by atoms with van der Waals surface area (Å²) < 4.78 is 7.38. The topological polar surface area (TPSA) is 128 Å². The second kappa shape index (κ2) is 12.3. The standard InChI is InChI=1S/C29H23BrClN3O6/c1-16(35)22-12-9-20(31)14-23(22)24-15-26(36)34(33-28(24)40-2)25(13-17-3-7-19(30)8-4-17)27(37)32-21-10-5-18(6-11-21)29(38)39/h3-12,14-15,25H,13H2,1-2H3,(H,32,37)(H,38,39). The van der Waals surface area contributed by atoms with E-state index in [4.69, 9.17) is 21.4 Å². The third-order valence-corrected chi connectivity index (χ3v) is 6.87. The van der Waals surface area contributed by atoms with Crippen molar-refractivity contribution >= 4 is 50.9 Å². The average Bonchev–Trinajstić information content (AvgIpc) is 2.92. The molecule has 40 heavy (non-hydrogen) atoms. The molecule has 1 heterocycles. The van der Waals surface area contributed by atoms with Gasteiger partial charge in [0.05, 0.1) is 18.2 Å². The van der Waals surface area contributed by atoms with Gasteiger partial charge in [-0.3, -0.25) is 14.4 Å². The van der Waals surface area contributed by atoms with Crippen LogP contribution in [0.2, 0.25) is 5.02 Å². The van der Waals surface area contributed by atoms with Gasteiger partial charge in [0.2, 0.25) is 11.8 Å². The van der Waals surface area contributed by atoms with Crippen molar-refractivity contribution in [3.05, 3.63) is 109 Å². The number of aromatic carboxylic acids is 1. The summed E-state index contributed by atoms with van der Waals surface area (Å²) in [5.41, 5.74) is 1.52. The number of Topliss-reactive ketones (excluding diaryl/α,β-unsaturated/α-hetero) is 1. The Kier molecular flexibility index (Phi) is 8.81. The maximum atomic E-state index is 13.6. The van der Waals surface area contributed by atoms with Crippen molar-refractivity contribution < 1.29 is 24.2 Å². The molecule has 0 radical (unpaired) electrons. The summed E-state index contributed by atoms with van der Waals surface area (Å²) in [7, 11) is 1.37. The molecule has 204 valence electrons. The van der Waals surface area contributed by atoms with Crippen molar-refractivity contribution in [2.24, 2.45) is 0 Å². The molecular weight excluding hydrogens is 602 g/mol. The minimum atomic E-state index is -1.11. The summed E-state index contributed by atoms with van der Waals surface area (Å²) in [5.74, 6) is -1.87. The second-order valence-electron chi connectivity index (χ2n) is 8.81. The molecule has 1 amide bonds. The second-order valence-corrected chi connectivity index (χ2v) is 10.2. The molecule has 1 aromatic heterocycles. The number of rotatable bonds is 9. The largest absolute Gasteiger partial charge is 0.480 e. The molecule has 0 fully saturated rings. The van der Waals surface area contributed by atoms with E-state index in [0.29, 0.717) is 21.8 Å². The van der Waals surface area contributed by atoms with E-state index < -0.39 is 23.5 Å². The highest BCUT2D eigenvalue weighted by atomic mass is 79.9. The fourth-order valence-corrected chi connectivity index (χ4v) is 4.56. The lowest BCUT2D eigenvalue weighted by Crippen LogP contribution is -2.36. The van der Waals surface area contributed by atoms with E-state index >= 15 is 0 Å². The predicted octanol–water partition coefficient (Wildman–Crippen LogP) is 5.66. The van der Waals surface area contributed by atoms with E-state index in [2.05, 4.69) is 26.3 Å². The third kappa shape index (κ3) is 6.47. The van der Waals surface area contributed by atoms with Gasteiger partial charge in [0.1, 0.15) is 6.04 Å². The number of nitrogens with zero attached hydrogens (tertiary/aromatic N) is 2. The number of benzene rings is 3. The van der Waals surface area contributed by atoms with Crippen molar-refractivity contribution in [3.8, 4) is 17.0 Å². The van der Waals surface area contributed by atoms with Gasteiger partial charge < -0.3 is 15.2 Å². The number of carboxylic acid groups (broad SMARTS) is 1. The van der Waals surface area contributed by atoms with Crippen LogP contribution in [-0.2, 0) is 11.2 Å². The van der Waals surface area contributed by atoms with Gasteiger partial charge in [0.15, 0.2) is 5.78 Å². The number of anilines is 1. The lowest BCUT2D eigenvalue weighted by Gasteiger charge is -2.20. The zero-order valence-corrected chi connectivity index (χ0v) is 23.7. The van der Waals surface area contributed by atoms with Gasteiger partial charge in [-0.15, -0.1) is 5.10 Å². The molecule has 2 N–H and O–H groups in total. The van der Waals surface area contributed by atoms with Gasteiger partial charge >= 0.3 is 5.97 Å². The summed E-state index contributed by atoms with van der Waals surface area (Å²) in [6.45, 7) is 1.40. The molecule has 0 spiro atoms. The van der Waals surface area contributed by atoms with Crippen molar-refractivity contribution in [2.45, 2.75) is 19.4 Å². The Morgan fingerprint density at radius 2 is 1.70 bits per heavy atom. The van der Waals surface area contributed by atoms with Crippen molar-refractivity contribution in [1.29, 1.82) is 0 Å². The summed E-state index contributed by atoms with van der Waals surface area (Å²) in [6, 6.07) is 17.7. The van der Waals surface area contributed by atoms with Crippen LogP contribution in [0, 0.1) is 0 Å². The number of methoxy groups -OCH3 is 1. The summed E-state index contributed by atoms with van der Waals surface area (Å²) >= 11 is 9.58. The number of halogens is 2. The average molecular weight is 625 g/mol. The summed E-state index contributed by atoms with van der Waals surface area (Å²) in [5, 5.41) is 16.6. The fourth-order valence-electron chi connectivity index (χ4n) is 4.12. The van der Waals surface area contributed by atoms with Crippen molar-refractivity contribution in [2.75, 3.05) is 12.4 Å². The number of carbonyl (C=O) groups excluding carboxylic acids is 2. The van der Waals surface area contributed by atoms with Crippen LogP contribution in [0.5, 0.6) is 5.88 Å². The van der Waals surface area contributed by atoms with E-state index in [1.807, 2.05) is 24.3 Å². The van der Waals surface area contributed by atoms with Gasteiger partial charge in [-0.2, -0.15) is 0 Å². The highest BCUT2D eigenvalue weighted by Gasteiger charge is 2.26. The Morgan fingerprint density at radius 3 is 2.30 bits per heavy atom. The maximum Gasteiger partial charge on any atom is 0.335 e. The van der Waals surface area contributed by atoms with Crippen LogP contribution in [0.25, 0.3) is 11.1 Å². The van der Waals surface area contributed by atoms with Gasteiger partial charge in [0.25, 0.3) is 5.56 Å². The minimum Gasteiger partial charge on any atom is -0.480 e. The SMILES string of the molecule is COc1nn(C(Cc2ccc(Br)cc2)C(=O)Nc2ccc(C(=O)O)cc2)c(=O)cc1-c1cc(Cl)ccc1C(C)=O. The number of ketones is 1. The molecule has 4 aromatic rings. The van der Waals surface area contributed by atoms with E-state index in [9.17, 15) is 19.2 Å². The number of hydrogen-bond acceptors (Lipinski definition) is 6. The highest BCUT2D eigenvalue weighted by Crippen LogP contribution is 2.33. The Balaban J connectivity index is 1.80. The molecule has 0 saturated carbocycles. The maximum absolute atomic E-state index is 13.6. The van der Waals surface area contributed by atoms with E-state index in [0.717, 1.165) is 14.7 Å².